The Kier molecular flexibility index (Phi) is 21.3. The number of rotatable bonds is 19. The topological polar surface area (TPSA) is 105 Å². The quantitative estimate of drug-likeness (QED) is 0.108. The number of ether oxygens (including phenoxy) is 4. The Balaban J connectivity index is 0. The highest BCUT2D eigenvalue weighted by Crippen LogP contribution is 2.22. The lowest BCUT2D eigenvalue weighted by atomic mass is 9.91. The van der Waals surface area contributed by atoms with Crippen molar-refractivity contribution in [2.75, 3.05) is 20.2 Å². The fourth-order valence-electron chi connectivity index (χ4n) is 2.51. The van der Waals surface area contributed by atoms with Gasteiger partial charge in [0.1, 0.15) is 5.78 Å². The summed E-state index contributed by atoms with van der Waals surface area (Å²) in [6.45, 7) is 15.2. The Morgan fingerprint density at radius 1 is 0.611 bits per heavy atom. The van der Waals surface area contributed by atoms with E-state index < -0.39 is 10.8 Å². The monoisotopic (exact) mass is 516 g/mol. The molecule has 0 unspecified atom stereocenters. The van der Waals surface area contributed by atoms with E-state index in [1.54, 1.807) is 6.92 Å². The molecular formula is C28H52O8. The van der Waals surface area contributed by atoms with Crippen molar-refractivity contribution in [3.05, 3.63) is 0 Å². The van der Waals surface area contributed by atoms with E-state index in [2.05, 4.69) is 6.92 Å². The third kappa shape index (κ3) is 20.3. The van der Waals surface area contributed by atoms with Crippen LogP contribution in [0.4, 0.5) is 0 Å². The zero-order valence-corrected chi connectivity index (χ0v) is 24.2. The number of carbonyl (C=O) groups excluding carboxylic acids is 4. The first kappa shape index (κ1) is 36.2. The Morgan fingerprint density at radius 2 is 1.11 bits per heavy atom. The Morgan fingerprint density at radius 3 is 1.61 bits per heavy atom. The molecule has 36 heavy (non-hydrogen) atoms. The Bertz CT molecular complexity index is 625. The average molecular weight is 517 g/mol. The third-order valence-electron chi connectivity index (χ3n) is 6.11. The van der Waals surface area contributed by atoms with Crippen molar-refractivity contribution in [2.24, 2.45) is 10.8 Å². The molecule has 0 bridgehead atoms. The van der Waals surface area contributed by atoms with Crippen LogP contribution in [0.15, 0.2) is 0 Å². The highest BCUT2D eigenvalue weighted by Gasteiger charge is 2.27. The van der Waals surface area contributed by atoms with E-state index >= 15 is 0 Å². The molecule has 0 aromatic carbocycles. The maximum absolute atomic E-state index is 11.6. The second-order valence-electron chi connectivity index (χ2n) is 10.3. The van der Waals surface area contributed by atoms with Crippen molar-refractivity contribution in [3.63, 3.8) is 0 Å². The van der Waals surface area contributed by atoms with Gasteiger partial charge in [0.05, 0.1) is 17.4 Å². The molecule has 0 spiro atoms. The maximum Gasteiger partial charge on any atom is 0.314 e. The van der Waals surface area contributed by atoms with E-state index in [4.69, 9.17) is 18.9 Å². The van der Waals surface area contributed by atoms with Crippen LogP contribution in [0.5, 0.6) is 0 Å². The molecule has 8 heteroatoms. The molecule has 0 aliphatic rings. The highest BCUT2D eigenvalue weighted by molar-refractivity contribution is 5.76. The van der Waals surface area contributed by atoms with Crippen LogP contribution < -0.4 is 0 Å². The number of ketones is 1. The number of esters is 3. The van der Waals surface area contributed by atoms with Crippen molar-refractivity contribution in [1.82, 2.24) is 0 Å². The van der Waals surface area contributed by atoms with Gasteiger partial charge in [0.15, 0.2) is 6.79 Å². The van der Waals surface area contributed by atoms with Crippen LogP contribution in [-0.2, 0) is 38.1 Å². The zero-order valence-electron chi connectivity index (χ0n) is 24.2. The van der Waals surface area contributed by atoms with Crippen molar-refractivity contribution >= 4 is 23.7 Å². The van der Waals surface area contributed by atoms with Gasteiger partial charge in [-0.05, 0) is 66.7 Å². The van der Waals surface area contributed by atoms with Gasteiger partial charge in [-0.2, -0.15) is 0 Å². The predicted molar refractivity (Wildman–Crippen MR) is 140 cm³/mol. The van der Waals surface area contributed by atoms with Gasteiger partial charge in [0, 0.05) is 12.8 Å². The van der Waals surface area contributed by atoms with Crippen LogP contribution in [0.2, 0.25) is 0 Å². The summed E-state index contributed by atoms with van der Waals surface area (Å²) in [5, 5.41) is 0. The Hall–Kier alpha value is -1.96. The second kappa shape index (κ2) is 21.2. The van der Waals surface area contributed by atoms with E-state index in [-0.39, 0.29) is 37.3 Å². The fraction of sp³-hybridized carbons (Fsp3) is 0.857. The van der Waals surface area contributed by atoms with E-state index in [0.717, 1.165) is 51.4 Å². The molecule has 0 rings (SSSR count). The lowest BCUT2D eigenvalue weighted by Gasteiger charge is -2.20. The molecule has 0 saturated heterocycles. The molecule has 0 N–H and O–H groups in total. The van der Waals surface area contributed by atoms with Crippen LogP contribution in [0, 0.1) is 10.8 Å². The molecule has 0 amide bonds. The normalized spacial score (nSPS) is 11.2. The molecule has 0 heterocycles. The zero-order chi connectivity index (χ0) is 28.0. The van der Waals surface area contributed by atoms with Crippen LogP contribution in [0.1, 0.15) is 126 Å². The summed E-state index contributed by atoms with van der Waals surface area (Å²) in [4.78, 5) is 45.1. The number of hydrogen-bond donors (Lipinski definition) is 0. The summed E-state index contributed by atoms with van der Waals surface area (Å²) in [5.41, 5.74) is -0.960. The van der Waals surface area contributed by atoms with Crippen molar-refractivity contribution < 1.29 is 38.1 Å². The van der Waals surface area contributed by atoms with Crippen LogP contribution >= 0.6 is 0 Å². The molecular weight excluding hydrogens is 464 g/mol. The summed E-state index contributed by atoms with van der Waals surface area (Å²) in [5.74, 6) is -0.620. The minimum Gasteiger partial charge on any atom is -0.438 e. The van der Waals surface area contributed by atoms with Gasteiger partial charge in [0.2, 0.25) is 6.79 Å². The van der Waals surface area contributed by atoms with Gasteiger partial charge in [-0.3, -0.25) is 14.4 Å². The van der Waals surface area contributed by atoms with E-state index in [9.17, 15) is 19.2 Å². The van der Waals surface area contributed by atoms with E-state index in [1.807, 2.05) is 41.5 Å². The first-order valence-corrected chi connectivity index (χ1v) is 13.4. The van der Waals surface area contributed by atoms with Gasteiger partial charge in [-0.25, -0.2) is 0 Å². The molecule has 0 aliphatic heterocycles. The smallest absolute Gasteiger partial charge is 0.314 e. The molecule has 212 valence electrons. The lowest BCUT2D eigenvalue weighted by Crippen LogP contribution is -2.27. The average Bonchev–Trinajstić information content (AvgIpc) is 2.83. The first-order chi connectivity index (χ1) is 16.8. The van der Waals surface area contributed by atoms with Gasteiger partial charge in [-0.15, -0.1) is 0 Å². The molecule has 0 radical (unpaired) electrons. The summed E-state index contributed by atoms with van der Waals surface area (Å²) < 4.78 is 20.0. The van der Waals surface area contributed by atoms with E-state index in [1.165, 1.54) is 0 Å². The second-order valence-corrected chi connectivity index (χ2v) is 10.3. The Labute approximate surface area is 219 Å². The standard InChI is InChI=1S/2C14H26O4/c1-5-14(3,4)13(16)18-11-17-10-8-6-7-9-12(2)15;1-5-7-8-9-10-12(15)17-11-18-13(16)14(3,4)6-2/h2*5-11H2,1-4H3. The van der Waals surface area contributed by atoms with Crippen molar-refractivity contribution in [2.45, 2.75) is 126 Å². The highest BCUT2D eigenvalue weighted by atomic mass is 16.7. The lowest BCUT2D eigenvalue weighted by molar-refractivity contribution is -0.174. The predicted octanol–water partition coefficient (Wildman–Crippen LogP) is 6.53. The first-order valence-electron chi connectivity index (χ1n) is 13.4. The number of unbranched alkanes of at least 4 members (excludes halogenated alkanes) is 5. The van der Waals surface area contributed by atoms with Crippen molar-refractivity contribution in [3.8, 4) is 0 Å². The summed E-state index contributed by atoms with van der Waals surface area (Å²) in [6.07, 6.45) is 9.38. The molecule has 0 saturated carbocycles. The minimum absolute atomic E-state index is 0.0228. The molecule has 0 aromatic rings. The third-order valence-corrected chi connectivity index (χ3v) is 6.11. The van der Waals surface area contributed by atoms with Gasteiger partial charge < -0.3 is 23.7 Å². The fourth-order valence-corrected chi connectivity index (χ4v) is 2.51. The summed E-state index contributed by atoms with van der Waals surface area (Å²) in [6, 6.07) is 0. The van der Waals surface area contributed by atoms with Crippen LogP contribution in [-0.4, -0.2) is 43.9 Å². The summed E-state index contributed by atoms with van der Waals surface area (Å²) in [7, 11) is 0. The summed E-state index contributed by atoms with van der Waals surface area (Å²) >= 11 is 0. The number of hydrogen-bond acceptors (Lipinski definition) is 8. The van der Waals surface area contributed by atoms with Crippen LogP contribution in [0.3, 0.4) is 0 Å². The van der Waals surface area contributed by atoms with Crippen molar-refractivity contribution in [1.29, 1.82) is 0 Å². The SMILES string of the molecule is CCC(C)(C)C(=O)OCOCCCCCC(C)=O.CCCCCCC(=O)OCOC(=O)C(C)(C)CC. The molecule has 0 atom stereocenters. The van der Waals surface area contributed by atoms with Gasteiger partial charge in [-0.1, -0.05) is 46.5 Å². The molecule has 0 aromatic heterocycles. The largest absolute Gasteiger partial charge is 0.438 e. The number of Topliss-reactive ketones (excluding diaryl/α,β-unsaturated/α-hetero) is 1. The van der Waals surface area contributed by atoms with E-state index in [0.29, 0.717) is 25.9 Å². The minimum atomic E-state index is -0.520. The molecule has 0 aliphatic carbocycles. The van der Waals surface area contributed by atoms with Crippen LogP contribution in [0.25, 0.3) is 0 Å². The van der Waals surface area contributed by atoms with Gasteiger partial charge in [0.25, 0.3) is 0 Å². The van der Waals surface area contributed by atoms with Gasteiger partial charge >= 0.3 is 17.9 Å². The maximum atomic E-state index is 11.6. The molecule has 8 nitrogen and oxygen atoms in total. The molecule has 0 fully saturated rings. The number of carbonyl (C=O) groups is 4.